The van der Waals surface area contributed by atoms with Gasteiger partial charge in [-0.2, -0.15) is 0 Å². The van der Waals surface area contributed by atoms with Crippen LogP contribution >= 0.6 is 15.9 Å². The maximum atomic E-state index is 13.1. The summed E-state index contributed by atoms with van der Waals surface area (Å²) in [6, 6.07) is 3.95. The lowest BCUT2D eigenvalue weighted by molar-refractivity contribution is -0.137. The van der Waals surface area contributed by atoms with E-state index in [-0.39, 0.29) is 23.8 Å². The van der Waals surface area contributed by atoms with Crippen LogP contribution in [-0.2, 0) is 4.79 Å². The zero-order valence-electron chi connectivity index (χ0n) is 11.9. The van der Waals surface area contributed by atoms with Crippen molar-refractivity contribution in [1.29, 1.82) is 0 Å². The van der Waals surface area contributed by atoms with Crippen molar-refractivity contribution in [2.75, 3.05) is 6.54 Å². The lowest BCUT2D eigenvalue weighted by atomic mass is 9.96. The molecule has 0 saturated carbocycles. The number of carbonyl (C=O) groups excluding carboxylic acids is 1. The molecule has 0 saturated heterocycles. The highest BCUT2D eigenvalue weighted by atomic mass is 79.9. The van der Waals surface area contributed by atoms with Gasteiger partial charge in [-0.3, -0.25) is 9.59 Å². The number of hydrogen-bond acceptors (Lipinski definition) is 2. The number of carbonyl (C=O) groups is 2. The van der Waals surface area contributed by atoms with E-state index in [4.69, 9.17) is 5.11 Å². The lowest BCUT2D eigenvalue weighted by Crippen LogP contribution is -2.26. The van der Waals surface area contributed by atoms with Crippen molar-refractivity contribution in [3.8, 4) is 0 Å². The van der Waals surface area contributed by atoms with E-state index in [1.165, 1.54) is 18.2 Å². The Labute approximate surface area is 131 Å². The summed E-state index contributed by atoms with van der Waals surface area (Å²) < 4.78 is 13.7. The Kier molecular flexibility index (Phi) is 7.36. The van der Waals surface area contributed by atoms with E-state index in [0.717, 1.165) is 6.42 Å². The number of carboxylic acid groups (broad SMARTS) is 1. The molecular formula is C15H19BrFNO3. The fraction of sp³-hybridized carbons (Fsp3) is 0.467. The number of carboxylic acids is 1. The predicted octanol–water partition coefficient (Wildman–Crippen LogP) is 3.60. The van der Waals surface area contributed by atoms with Gasteiger partial charge in [-0.15, -0.1) is 0 Å². The summed E-state index contributed by atoms with van der Waals surface area (Å²) in [6.45, 7) is 2.44. The lowest BCUT2D eigenvalue weighted by Gasteiger charge is -2.14. The van der Waals surface area contributed by atoms with Crippen molar-refractivity contribution in [3.05, 3.63) is 34.1 Å². The van der Waals surface area contributed by atoms with Gasteiger partial charge in [0.25, 0.3) is 5.91 Å². The van der Waals surface area contributed by atoms with Gasteiger partial charge in [-0.1, -0.05) is 13.3 Å². The van der Waals surface area contributed by atoms with Gasteiger partial charge in [-0.05, 0) is 52.9 Å². The Morgan fingerprint density at radius 3 is 2.71 bits per heavy atom. The van der Waals surface area contributed by atoms with Crippen LogP contribution in [0.25, 0.3) is 0 Å². The van der Waals surface area contributed by atoms with Crippen molar-refractivity contribution < 1.29 is 19.1 Å². The molecule has 0 aliphatic carbocycles. The summed E-state index contributed by atoms with van der Waals surface area (Å²) in [5, 5.41) is 11.4. The van der Waals surface area contributed by atoms with Gasteiger partial charge in [0.15, 0.2) is 0 Å². The molecule has 1 amide bonds. The molecule has 0 bridgehead atoms. The molecule has 0 aromatic heterocycles. The first-order valence-electron chi connectivity index (χ1n) is 6.89. The molecule has 2 N–H and O–H groups in total. The van der Waals surface area contributed by atoms with E-state index >= 15 is 0 Å². The third-order valence-corrected chi connectivity index (χ3v) is 4.05. The second-order valence-electron chi connectivity index (χ2n) is 4.88. The maximum absolute atomic E-state index is 13.1. The third kappa shape index (κ3) is 6.25. The smallest absolute Gasteiger partial charge is 0.303 e. The molecule has 6 heteroatoms. The van der Waals surface area contributed by atoms with Crippen LogP contribution in [0.3, 0.4) is 0 Å². The largest absolute Gasteiger partial charge is 0.481 e. The van der Waals surface area contributed by atoms with Crippen LogP contribution in [0.2, 0.25) is 0 Å². The molecule has 116 valence electrons. The van der Waals surface area contributed by atoms with Crippen LogP contribution in [0.15, 0.2) is 22.7 Å². The zero-order valence-corrected chi connectivity index (χ0v) is 13.5. The molecular weight excluding hydrogens is 341 g/mol. The minimum Gasteiger partial charge on any atom is -0.481 e. The van der Waals surface area contributed by atoms with E-state index in [9.17, 15) is 14.0 Å². The molecule has 1 aromatic carbocycles. The first-order valence-corrected chi connectivity index (χ1v) is 7.68. The fourth-order valence-corrected chi connectivity index (χ4v) is 2.46. The number of halogens is 2. The number of amides is 1. The molecule has 0 aliphatic heterocycles. The van der Waals surface area contributed by atoms with Gasteiger partial charge in [0.2, 0.25) is 0 Å². The van der Waals surface area contributed by atoms with Crippen LogP contribution in [0.5, 0.6) is 0 Å². The van der Waals surface area contributed by atoms with Crippen molar-refractivity contribution >= 4 is 27.8 Å². The first-order chi connectivity index (χ1) is 9.93. The molecule has 4 nitrogen and oxygen atoms in total. The van der Waals surface area contributed by atoms with Crippen LogP contribution in [-0.4, -0.2) is 23.5 Å². The summed E-state index contributed by atoms with van der Waals surface area (Å²) in [7, 11) is 0. The molecule has 1 unspecified atom stereocenters. The van der Waals surface area contributed by atoms with Crippen molar-refractivity contribution in [1.82, 2.24) is 5.32 Å². The SMILES string of the molecule is CCC(CCNC(=O)c1cc(F)ccc1Br)CCC(=O)O. The molecule has 0 spiro atoms. The summed E-state index contributed by atoms with van der Waals surface area (Å²) in [5.41, 5.74) is 0.258. The van der Waals surface area contributed by atoms with Gasteiger partial charge in [0, 0.05) is 17.4 Å². The van der Waals surface area contributed by atoms with Gasteiger partial charge >= 0.3 is 5.97 Å². The average Bonchev–Trinajstić information content (AvgIpc) is 2.44. The minimum absolute atomic E-state index is 0.141. The van der Waals surface area contributed by atoms with Crippen LogP contribution < -0.4 is 5.32 Å². The van der Waals surface area contributed by atoms with Gasteiger partial charge < -0.3 is 10.4 Å². The van der Waals surface area contributed by atoms with Gasteiger partial charge in [0.1, 0.15) is 5.82 Å². The number of rotatable bonds is 8. The summed E-state index contributed by atoms with van der Waals surface area (Å²) in [5.74, 6) is -1.34. The molecule has 0 radical (unpaired) electrons. The van der Waals surface area contributed by atoms with E-state index in [1.54, 1.807) is 0 Å². The van der Waals surface area contributed by atoms with E-state index < -0.39 is 11.8 Å². The Bertz CT molecular complexity index is 508. The second kappa shape index (κ2) is 8.77. The fourth-order valence-electron chi connectivity index (χ4n) is 2.04. The molecule has 1 aromatic rings. The van der Waals surface area contributed by atoms with Crippen LogP contribution in [0.1, 0.15) is 43.0 Å². The average molecular weight is 360 g/mol. The highest BCUT2D eigenvalue weighted by Crippen LogP contribution is 2.18. The molecule has 1 atom stereocenters. The molecule has 0 aliphatic rings. The summed E-state index contributed by atoms with van der Waals surface area (Å²) in [6.07, 6.45) is 2.32. The highest BCUT2D eigenvalue weighted by molar-refractivity contribution is 9.10. The zero-order chi connectivity index (χ0) is 15.8. The molecule has 21 heavy (non-hydrogen) atoms. The number of aliphatic carboxylic acids is 1. The Morgan fingerprint density at radius 1 is 1.38 bits per heavy atom. The first kappa shape index (κ1) is 17.6. The normalized spacial score (nSPS) is 12.0. The summed E-state index contributed by atoms with van der Waals surface area (Å²) in [4.78, 5) is 22.5. The Morgan fingerprint density at radius 2 is 2.10 bits per heavy atom. The third-order valence-electron chi connectivity index (χ3n) is 3.35. The molecule has 0 fully saturated rings. The Hall–Kier alpha value is -1.43. The van der Waals surface area contributed by atoms with Crippen molar-refractivity contribution in [2.45, 2.75) is 32.6 Å². The van der Waals surface area contributed by atoms with Crippen LogP contribution in [0, 0.1) is 11.7 Å². The van der Waals surface area contributed by atoms with E-state index in [0.29, 0.717) is 23.9 Å². The molecule has 1 rings (SSSR count). The standard InChI is InChI=1S/C15H19BrFNO3/c1-2-10(3-6-14(19)20)7-8-18-15(21)12-9-11(17)4-5-13(12)16/h4-5,9-10H,2-3,6-8H2,1H3,(H,18,21)(H,19,20). The topological polar surface area (TPSA) is 66.4 Å². The van der Waals surface area contributed by atoms with E-state index in [2.05, 4.69) is 21.2 Å². The molecule has 0 heterocycles. The monoisotopic (exact) mass is 359 g/mol. The van der Waals surface area contributed by atoms with Crippen molar-refractivity contribution in [2.24, 2.45) is 5.92 Å². The minimum atomic E-state index is -0.804. The Balaban J connectivity index is 2.45. The second-order valence-corrected chi connectivity index (χ2v) is 5.73. The predicted molar refractivity (Wildman–Crippen MR) is 81.7 cm³/mol. The van der Waals surface area contributed by atoms with Crippen molar-refractivity contribution in [3.63, 3.8) is 0 Å². The summed E-state index contributed by atoms with van der Waals surface area (Å²) >= 11 is 3.21. The highest BCUT2D eigenvalue weighted by Gasteiger charge is 2.13. The number of hydrogen-bond donors (Lipinski definition) is 2. The number of nitrogens with one attached hydrogen (secondary N) is 1. The van der Waals surface area contributed by atoms with Gasteiger partial charge in [-0.25, -0.2) is 4.39 Å². The van der Waals surface area contributed by atoms with Crippen LogP contribution in [0.4, 0.5) is 4.39 Å². The van der Waals surface area contributed by atoms with Gasteiger partial charge in [0.05, 0.1) is 5.56 Å². The number of benzene rings is 1. The quantitative estimate of drug-likeness (QED) is 0.745. The van der Waals surface area contributed by atoms with E-state index in [1.807, 2.05) is 6.92 Å². The maximum Gasteiger partial charge on any atom is 0.303 e.